The van der Waals surface area contributed by atoms with Crippen molar-refractivity contribution in [3.63, 3.8) is 0 Å². The Bertz CT molecular complexity index is 817. The molecule has 27 heavy (non-hydrogen) atoms. The molecule has 2 aliphatic heterocycles. The number of aromatic nitrogens is 2. The minimum absolute atomic E-state index is 0.222. The molecule has 0 amide bonds. The number of aryl methyl sites for hydroxylation is 1. The highest BCUT2D eigenvalue weighted by Crippen LogP contribution is 2.42. The fourth-order valence-corrected chi connectivity index (χ4v) is 4.26. The zero-order valence-electron chi connectivity index (χ0n) is 15.9. The van der Waals surface area contributed by atoms with E-state index in [0.29, 0.717) is 6.61 Å². The number of carbonyl (C=O) groups is 1. The molecule has 0 bridgehead atoms. The van der Waals surface area contributed by atoms with Gasteiger partial charge in [-0.3, -0.25) is 4.90 Å². The largest absolute Gasteiger partial charge is 0.468 e. The molecule has 2 aliphatic rings. The van der Waals surface area contributed by atoms with Crippen LogP contribution in [0.2, 0.25) is 0 Å². The van der Waals surface area contributed by atoms with Gasteiger partial charge in [-0.25, -0.2) is 14.8 Å². The molecular formula is C21H25N3O3. The monoisotopic (exact) mass is 367 g/mol. The van der Waals surface area contributed by atoms with Gasteiger partial charge in [0.15, 0.2) is 0 Å². The summed E-state index contributed by atoms with van der Waals surface area (Å²) in [5.41, 5.74) is 2.82. The minimum Gasteiger partial charge on any atom is -0.468 e. The van der Waals surface area contributed by atoms with Gasteiger partial charge in [-0.1, -0.05) is 30.3 Å². The Labute approximate surface area is 159 Å². The fraction of sp³-hybridized carbons (Fsp3) is 0.476. The number of ether oxygens (including phenoxy) is 2. The average molecular weight is 367 g/mol. The standard InChI is InChI=1S/C21H25N3O3/c1-15-22-14-17-8-13-27-21(19(17)23-15)9-11-24(12-10-21)18(20(25)26-2)16-6-4-3-5-7-16/h3-7,14,18H,8-13H2,1-2H3. The van der Waals surface area contributed by atoms with E-state index in [0.717, 1.165) is 49.4 Å². The average Bonchev–Trinajstić information content (AvgIpc) is 2.71. The van der Waals surface area contributed by atoms with Gasteiger partial charge in [0.25, 0.3) is 0 Å². The van der Waals surface area contributed by atoms with E-state index in [-0.39, 0.29) is 17.6 Å². The number of esters is 1. The van der Waals surface area contributed by atoms with Crippen LogP contribution in [0.25, 0.3) is 0 Å². The van der Waals surface area contributed by atoms with Crippen LogP contribution in [0.4, 0.5) is 0 Å². The summed E-state index contributed by atoms with van der Waals surface area (Å²) in [4.78, 5) is 23.8. The van der Waals surface area contributed by atoms with Crippen LogP contribution in [-0.2, 0) is 26.3 Å². The first-order valence-corrected chi connectivity index (χ1v) is 9.47. The summed E-state index contributed by atoms with van der Waals surface area (Å²) in [6.07, 6.45) is 4.40. The number of likely N-dealkylation sites (tertiary alicyclic amines) is 1. The quantitative estimate of drug-likeness (QED) is 0.777. The van der Waals surface area contributed by atoms with Gasteiger partial charge in [0.1, 0.15) is 17.5 Å². The van der Waals surface area contributed by atoms with Crippen molar-refractivity contribution < 1.29 is 14.3 Å². The Hall–Kier alpha value is -2.31. The summed E-state index contributed by atoms with van der Waals surface area (Å²) in [7, 11) is 1.45. The van der Waals surface area contributed by atoms with Crippen molar-refractivity contribution in [3.05, 3.63) is 59.2 Å². The molecule has 1 atom stereocenters. The van der Waals surface area contributed by atoms with Crippen LogP contribution in [0.1, 0.15) is 41.5 Å². The topological polar surface area (TPSA) is 64.5 Å². The molecule has 2 aromatic rings. The van der Waals surface area contributed by atoms with Gasteiger partial charge in [0, 0.05) is 19.3 Å². The molecule has 0 N–H and O–H groups in total. The van der Waals surface area contributed by atoms with Crippen molar-refractivity contribution in [2.75, 3.05) is 26.8 Å². The van der Waals surface area contributed by atoms with Crippen LogP contribution in [0.15, 0.2) is 36.5 Å². The second kappa shape index (κ2) is 7.37. The normalized spacial score (nSPS) is 20.1. The van der Waals surface area contributed by atoms with E-state index >= 15 is 0 Å². The number of hydrogen-bond acceptors (Lipinski definition) is 6. The molecule has 0 saturated carbocycles. The van der Waals surface area contributed by atoms with Crippen LogP contribution >= 0.6 is 0 Å². The SMILES string of the molecule is COC(=O)C(c1ccccc1)N1CCC2(CC1)OCCc1cnc(C)nc12. The number of rotatable bonds is 3. The molecule has 1 spiro atoms. The fourth-order valence-electron chi connectivity index (χ4n) is 4.26. The highest BCUT2D eigenvalue weighted by Gasteiger charge is 2.44. The van der Waals surface area contributed by atoms with Crippen LogP contribution in [0, 0.1) is 6.92 Å². The zero-order valence-corrected chi connectivity index (χ0v) is 15.9. The summed E-state index contributed by atoms with van der Waals surface area (Å²) >= 11 is 0. The summed E-state index contributed by atoms with van der Waals surface area (Å²) < 4.78 is 11.4. The van der Waals surface area contributed by atoms with Gasteiger partial charge < -0.3 is 9.47 Å². The molecule has 1 aromatic heterocycles. The predicted molar refractivity (Wildman–Crippen MR) is 100 cm³/mol. The van der Waals surface area contributed by atoms with Crippen LogP contribution in [0.3, 0.4) is 0 Å². The van der Waals surface area contributed by atoms with Crippen molar-refractivity contribution in [2.45, 2.75) is 37.8 Å². The lowest BCUT2D eigenvalue weighted by Gasteiger charge is -2.45. The van der Waals surface area contributed by atoms with E-state index < -0.39 is 0 Å². The van der Waals surface area contributed by atoms with Crippen molar-refractivity contribution in [2.24, 2.45) is 0 Å². The first kappa shape index (κ1) is 18.1. The molecule has 4 rings (SSSR count). The Morgan fingerprint density at radius 3 is 2.70 bits per heavy atom. The number of hydrogen-bond donors (Lipinski definition) is 0. The number of nitrogens with zero attached hydrogens (tertiary/aromatic N) is 3. The number of fused-ring (bicyclic) bond motifs is 2. The predicted octanol–water partition coefficient (Wildman–Crippen LogP) is 2.56. The molecule has 6 heteroatoms. The first-order chi connectivity index (χ1) is 13.1. The summed E-state index contributed by atoms with van der Waals surface area (Å²) in [6.45, 7) is 4.10. The Morgan fingerprint density at radius 2 is 2.00 bits per heavy atom. The Morgan fingerprint density at radius 1 is 1.26 bits per heavy atom. The van der Waals surface area contributed by atoms with E-state index in [9.17, 15) is 4.79 Å². The van der Waals surface area contributed by atoms with Crippen LogP contribution in [0.5, 0.6) is 0 Å². The maximum Gasteiger partial charge on any atom is 0.327 e. The molecule has 3 heterocycles. The zero-order chi connectivity index (χ0) is 18.9. The first-order valence-electron chi connectivity index (χ1n) is 9.47. The number of carbonyl (C=O) groups excluding carboxylic acids is 1. The highest BCUT2D eigenvalue weighted by molar-refractivity contribution is 5.77. The van der Waals surface area contributed by atoms with Gasteiger partial charge in [-0.2, -0.15) is 0 Å². The third kappa shape index (κ3) is 3.35. The number of methoxy groups -OCH3 is 1. The van der Waals surface area contributed by atoms with Gasteiger partial charge in [0.05, 0.1) is 19.4 Å². The molecule has 1 fully saturated rings. The van der Waals surface area contributed by atoms with Gasteiger partial charge in [0.2, 0.25) is 0 Å². The van der Waals surface area contributed by atoms with Crippen molar-refractivity contribution in [1.29, 1.82) is 0 Å². The van der Waals surface area contributed by atoms with E-state index in [1.807, 2.05) is 43.5 Å². The van der Waals surface area contributed by atoms with Gasteiger partial charge in [-0.05, 0) is 37.3 Å². The van der Waals surface area contributed by atoms with Gasteiger partial charge >= 0.3 is 5.97 Å². The molecule has 1 aromatic carbocycles. The Balaban J connectivity index is 1.58. The van der Waals surface area contributed by atoms with Crippen LogP contribution in [-0.4, -0.2) is 47.6 Å². The number of piperidine rings is 1. The summed E-state index contributed by atoms with van der Waals surface area (Å²) in [5.74, 6) is 0.554. The van der Waals surface area contributed by atoms with E-state index in [2.05, 4.69) is 9.88 Å². The molecule has 142 valence electrons. The molecule has 0 radical (unpaired) electrons. The maximum atomic E-state index is 12.5. The van der Waals surface area contributed by atoms with E-state index in [1.54, 1.807) is 0 Å². The van der Waals surface area contributed by atoms with Crippen molar-refractivity contribution in [3.8, 4) is 0 Å². The highest BCUT2D eigenvalue weighted by atomic mass is 16.5. The molecule has 1 unspecified atom stereocenters. The minimum atomic E-state index is -0.385. The lowest BCUT2D eigenvalue weighted by molar-refractivity contribution is -0.152. The second-order valence-electron chi connectivity index (χ2n) is 7.26. The smallest absolute Gasteiger partial charge is 0.327 e. The molecule has 1 saturated heterocycles. The van der Waals surface area contributed by atoms with E-state index in [4.69, 9.17) is 14.5 Å². The maximum absolute atomic E-state index is 12.5. The summed E-state index contributed by atoms with van der Waals surface area (Å²) in [6, 6.07) is 9.44. The third-order valence-corrected chi connectivity index (χ3v) is 5.68. The molecule has 6 nitrogen and oxygen atoms in total. The second-order valence-corrected chi connectivity index (χ2v) is 7.26. The molecule has 0 aliphatic carbocycles. The molecular weight excluding hydrogens is 342 g/mol. The lowest BCUT2D eigenvalue weighted by Crippen LogP contribution is -2.49. The Kier molecular flexibility index (Phi) is 4.93. The van der Waals surface area contributed by atoms with Crippen molar-refractivity contribution in [1.82, 2.24) is 14.9 Å². The van der Waals surface area contributed by atoms with Gasteiger partial charge in [-0.15, -0.1) is 0 Å². The summed E-state index contributed by atoms with van der Waals surface area (Å²) in [5, 5.41) is 0. The number of benzene rings is 1. The third-order valence-electron chi connectivity index (χ3n) is 5.68. The van der Waals surface area contributed by atoms with E-state index in [1.165, 1.54) is 12.7 Å². The van der Waals surface area contributed by atoms with Crippen molar-refractivity contribution >= 4 is 5.97 Å². The van der Waals surface area contributed by atoms with Crippen LogP contribution < -0.4 is 0 Å². The lowest BCUT2D eigenvalue weighted by atomic mass is 9.82.